The first-order valence-electron chi connectivity index (χ1n) is 10.7. The molecule has 0 aliphatic carbocycles. The Balaban J connectivity index is 1.26. The smallest absolute Gasteiger partial charge is 0.220 e. The molecule has 0 radical (unpaired) electrons. The maximum atomic E-state index is 12.7. The molecular formula is C24H29BrN2O3. The monoisotopic (exact) mass is 472 g/mol. The number of piperidine rings is 1. The molecule has 1 fully saturated rings. The zero-order valence-corrected chi connectivity index (χ0v) is 18.7. The van der Waals surface area contributed by atoms with Crippen LogP contribution in [-0.2, 0) is 4.79 Å². The predicted octanol–water partition coefficient (Wildman–Crippen LogP) is 3.98. The summed E-state index contributed by atoms with van der Waals surface area (Å²) in [7, 11) is 0. The van der Waals surface area contributed by atoms with Gasteiger partial charge in [-0.1, -0.05) is 58.4 Å². The van der Waals surface area contributed by atoms with Crippen molar-refractivity contribution in [1.29, 1.82) is 0 Å². The van der Waals surface area contributed by atoms with E-state index in [4.69, 9.17) is 9.47 Å². The Morgan fingerprint density at radius 3 is 2.70 bits per heavy atom. The van der Waals surface area contributed by atoms with Crippen LogP contribution in [0.25, 0.3) is 0 Å². The van der Waals surface area contributed by atoms with Gasteiger partial charge in [0.1, 0.15) is 12.7 Å². The number of ether oxygens (including phenoxy) is 2. The summed E-state index contributed by atoms with van der Waals surface area (Å²) in [4.78, 5) is 15.1. The molecular weight excluding hydrogens is 444 g/mol. The third-order valence-electron chi connectivity index (χ3n) is 5.79. The third-order valence-corrected chi connectivity index (χ3v) is 6.57. The summed E-state index contributed by atoms with van der Waals surface area (Å²) in [6.07, 6.45) is 2.63. The maximum Gasteiger partial charge on any atom is 0.220 e. The van der Waals surface area contributed by atoms with Crippen molar-refractivity contribution in [3.8, 4) is 11.5 Å². The van der Waals surface area contributed by atoms with Gasteiger partial charge in [-0.15, -0.1) is 0 Å². The van der Waals surface area contributed by atoms with Crippen molar-refractivity contribution in [3.63, 3.8) is 0 Å². The second-order valence-corrected chi connectivity index (χ2v) is 8.78. The van der Waals surface area contributed by atoms with Crippen LogP contribution in [0.5, 0.6) is 11.5 Å². The van der Waals surface area contributed by atoms with Gasteiger partial charge in [-0.25, -0.2) is 0 Å². The zero-order chi connectivity index (χ0) is 20.8. The summed E-state index contributed by atoms with van der Waals surface area (Å²) in [5.74, 6) is 1.95. The lowest BCUT2D eigenvalue weighted by Crippen LogP contribution is -2.51. The zero-order valence-electron chi connectivity index (χ0n) is 17.1. The lowest BCUT2D eigenvalue weighted by Gasteiger charge is -2.36. The van der Waals surface area contributed by atoms with Crippen LogP contribution in [0.15, 0.2) is 54.6 Å². The quantitative estimate of drug-likeness (QED) is 0.619. The number of rotatable bonds is 7. The van der Waals surface area contributed by atoms with Gasteiger partial charge in [-0.05, 0) is 37.1 Å². The number of hydrogen-bond acceptors (Lipinski definition) is 4. The van der Waals surface area contributed by atoms with Gasteiger partial charge in [0, 0.05) is 36.8 Å². The number of carbonyl (C=O) groups excluding carboxylic acids is 1. The summed E-state index contributed by atoms with van der Waals surface area (Å²) < 4.78 is 11.9. The summed E-state index contributed by atoms with van der Waals surface area (Å²) in [5.41, 5.74) is 1.20. The van der Waals surface area contributed by atoms with E-state index < -0.39 is 0 Å². The Bertz CT molecular complexity index is 832. The van der Waals surface area contributed by atoms with Crippen LogP contribution in [0.2, 0.25) is 0 Å². The summed E-state index contributed by atoms with van der Waals surface area (Å²) in [6.45, 7) is 3.27. The minimum Gasteiger partial charge on any atom is -0.486 e. The molecule has 6 heteroatoms. The van der Waals surface area contributed by atoms with Crippen LogP contribution in [-0.4, -0.2) is 54.5 Å². The van der Waals surface area contributed by atoms with Gasteiger partial charge in [0.05, 0.1) is 0 Å². The molecule has 30 heavy (non-hydrogen) atoms. The number of nitrogens with zero attached hydrogens (tertiary/aromatic N) is 1. The summed E-state index contributed by atoms with van der Waals surface area (Å²) in [5, 5.41) is 4.04. The first kappa shape index (κ1) is 21.2. The number of amides is 1. The van der Waals surface area contributed by atoms with Crippen molar-refractivity contribution in [2.75, 3.05) is 31.6 Å². The highest BCUT2D eigenvalue weighted by Crippen LogP contribution is 2.31. The molecule has 1 amide bonds. The molecule has 3 atom stereocenters. The highest BCUT2D eigenvalue weighted by atomic mass is 79.9. The van der Waals surface area contributed by atoms with E-state index in [1.54, 1.807) is 0 Å². The minimum atomic E-state index is 0.0187. The summed E-state index contributed by atoms with van der Waals surface area (Å²) in [6, 6.07) is 18.2. The first-order valence-corrected chi connectivity index (χ1v) is 11.8. The number of halogens is 1. The Morgan fingerprint density at radius 1 is 1.13 bits per heavy atom. The molecule has 160 valence electrons. The van der Waals surface area contributed by atoms with Crippen molar-refractivity contribution < 1.29 is 14.3 Å². The fourth-order valence-corrected chi connectivity index (χ4v) is 4.88. The third kappa shape index (κ3) is 5.55. The van der Waals surface area contributed by atoms with E-state index in [1.807, 2.05) is 42.5 Å². The van der Waals surface area contributed by atoms with E-state index in [1.165, 1.54) is 5.56 Å². The molecule has 0 saturated carbocycles. The van der Waals surface area contributed by atoms with Gasteiger partial charge < -0.3 is 14.8 Å². The topological polar surface area (TPSA) is 50.8 Å². The Hall–Kier alpha value is -2.05. The molecule has 1 saturated heterocycles. The van der Waals surface area contributed by atoms with E-state index in [0.717, 1.165) is 49.3 Å². The second kappa shape index (κ2) is 10.3. The number of fused-ring (bicyclic) bond motifs is 1. The fraction of sp³-hybridized carbons (Fsp3) is 0.458. The Labute approximate surface area is 186 Å². The van der Waals surface area contributed by atoms with E-state index in [-0.39, 0.29) is 24.0 Å². The standard InChI is InChI=1S/C24H29BrN2O3/c25-14-19(18-7-2-1-3-8-18)13-24(28)26-20-9-6-12-27(15-20)16-21-17-29-22-10-4-5-11-23(22)30-21/h1-5,7-8,10-11,19-21H,6,9,12-17H2,(H,26,28). The van der Waals surface area contributed by atoms with E-state index in [9.17, 15) is 4.79 Å². The van der Waals surface area contributed by atoms with Gasteiger partial charge in [-0.2, -0.15) is 0 Å². The number of nitrogens with one attached hydrogen (secondary N) is 1. The van der Waals surface area contributed by atoms with Crippen LogP contribution in [0.3, 0.4) is 0 Å². The Morgan fingerprint density at radius 2 is 1.90 bits per heavy atom. The van der Waals surface area contributed by atoms with Gasteiger partial charge in [0.25, 0.3) is 0 Å². The van der Waals surface area contributed by atoms with E-state index in [0.29, 0.717) is 13.0 Å². The molecule has 0 spiro atoms. The molecule has 2 aromatic carbocycles. The van der Waals surface area contributed by atoms with Crippen molar-refractivity contribution in [3.05, 3.63) is 60.2 Å². The normalized spacial score (nSPS) is 22.3. The number of carbonyl (C=O) groups is 1. The van der Waals surface area contributed by atoms with Crippen LogP contribution in [0, 0.1) is 0 Å². The number of para-hydroxylation sites is 2. The molecule has 3 unspecified atom stereocenters. The lowest BCUT2D eigenvalue weighted by atomic mass is 9.97. The number of hydrogen-bond donors (Lipinski definition) is 1. The van der Waals surface area contributed by atoms with Crippen molar-refractivity contribution in [2.24, 2.45) is 0 Å². The Kier molecular flexibility index (Phi) is 7.28. The largest absolute Gasteiger partial charge is 0.486 e. The molecule has 4 rings (SSSR count). The maximum absolute atomic E-state index is 12.7. The van der Waals surface area contributed by atoms with Crippen LogP contribution >= 0.6 is 15.9 Å². The molecule has 0 bridgehead atoms. The molecule has 1 N–H and O–H groups in total. The highest BCUT2D eigenvalue weighted by Gasteiger charge is 2.27. The van der Waals surface area contributed by atoms with E-state index in [2.05, 4.69) is 38.3 Å². The van der Waals surface area contributed by atoms with Gasteiger partial charge in [0.2, 0.25) is 5.91 Å². The van der Waals surface area contributed by atoms with Gasteiger partial charge in [-0.3, -0.25) is 9.69 Å². The average molecular weight is 473 g/mol. The van der Waals surface area contributed by atoms with Crippen LogP contribution < -0.4 is 14.8 Å². The van der Waals surface area contributed by atoms with Crippen molar-refractivity contribution in [2.45, 2.75) is 37.3 Å². The molecule has 2 heterocycles. The van der Waals surface area contributed by atoms with Gasteiger partial charge >= 0.3 is 0 Å². The lowest BCUT2D eigenvalue weighted by molar-refractivity contribution is -0.122. The fourth-order valence-electron chi connectivity index (χ4n) is 4.28. The second-order valence-electron chi connectivity index (χ2n) is 8.13. The molecule has 5 nitrogen and oxygen atoms in total. The highest BCUT2D eigenvalue weighted by molar-refractivity contribution is 9.09. The SMILES string of the molecule is O=C(CC(CBr)c1ccccc1)NC1CCCN(CC2COc3ccccc3O2)C1. The van der Waals surface area contributed by atoms with E-state index >= 15 is 0 Å². The number of benzene rings is 2. The number of alkyl halides is 1. The predicted molar refractivity (Wildman–Crippen MR) is 122 cm³/mol. The van der Waals surface area contributed by atoms with Gasteiger partial charge in [0.15, 0.2) is 11.5 Å². The number of likely N-dealkylation sites (tertiary alicyclic amines) is 1. The minimum absolute atomic E-state index is 0.0187. The average Bonchev–Trinajstić information content (AvgIpc) is 2.78. The van der Waals surface area contributed by atoms with Crippen LogP contribution in [0.1, 0.15) is 30.7 Å². The molecule has 2 aliphatic rings. The molecule has 0 aromatic heterocycles. The summed E-state index contributed by atoms with van der Waals surface area (Å²) >= 11 is 3.57. The van der Waals surface area contributed by atoms with Crippen molar-refractivity contribution in [1.82, 2.24) is 10.2 Å². The molecule has 2 aromatic rings. The first-order chi connectivity index (χ1) is 14.7. The van der Waals surface area contributed by atoms with Crippen LogP contribution in [0.4, 0.5) is 0 Å². The molecule has 2 aliphatic heterocycles. The van der Waals surface area contributed by atoms with Crippen molar-refractivity contribution >= 4 is 21.8 Å².